The first-order chi connectivity index (χ1) is 47.3. The lowest BCUT2D eigenvalue weighted by Crippen LogP contribution is -2.62. The molecule has 0 saturated carbocycles. The number of H-pyrrole nitrogens is 2. The molecule has 544 valence electrons. The summed E-state index contributed by atoms with van der Waals surface area (Å²) >= 11 is 0. The summed E-state index contributed by atoms with van der Waals surface area (Å²) in [6.07, 6.45) is 2.58. The molecule has 6 rings (SSSR count). The van der Waals surface area contributed by atoms with Crippen LogP contribution in [0.2, 0.25) is 0 Å². The number of imidazole rings is 1. The van der Waals surface area contributed by atoms with Crippen LogP contribution in [0.3, 0.4) is 0 Å². The molecule has 100 heavy (non-hydrogen) atoms. The SMILES string of the molecule is CC(C)C[C@H](NC(=O)[C@@H](COC(C)(C)C)NC(=O)[C@H](Cc1ccc(O)cc1)NC(=O)[C@H](COC(=O)COC(=O)C(C)O)NC(=O)[C@H](Cc1c[nH]c2ccccc12)NC(=O)[C@H](Cc1cnc[nH]1)NC(=O)[C@@H]1CCC(=O)N1)C(=O)N[C@@H](CCCN=C(N)N)C(=O)N1CCC[C@H]1C(=O)NNC(N)=O. The van der Waals surface area contributed by atoms with Crippen LogP contribution in [-0.4, -0.2) is 212 Å². The smallest absolute Gasteiger partial charge is 0.344 e. The van der Waals surface area contributed by atoms with Crippen molar-refractivity contribution in [3.63, 3.8) is 0 Å². The molecule has 2 aromatic heterocycles. The number of esters is 2. The lowest BCUT2D eigenvalue weighted by molar-refractivity contribution is -0.164. The number of phenols is 1. The van der Waals surface area contributed by atoms with E-state index in [4.69, 9.17) is 31.4 Å². The summed E-state index contributed by atoms with van der Waals surface area (Å²) in [6, 6.07) is -1.96. The summed E-state index contributed by atoms with van der Waals surface area (Å²) < 4.78 is 16.2. The highest BCUT2D eigenvalue weighted by Gasteiger charge is 2.41. The summed E-state index contributed by atoms with van der Waals surface area (Å²) in [4.78, 5) is 194. The largest absolute Gasteiger partial charge is 0.508 e. The van der Waals surface area contributed by atoms with Crippen LogP contribution < -0.4 is 70.6 Å². The van der Waals surface area contributed by atoms with Gasteiger partial charge in [0.2, 0.25) is 53.2 Å². The normalized spacial score (nSPS) is 16.7. The number of aliphatic imine (C=N–C) groups is 1. The number of nitrogens with one attached hydrogen (secondary N) is 12. The monoisotopic (exact) mass is 1400 g/mol. The fourth-order valence-corrected chi connectivity index (χ4v) is 10.7. The van der Waals surface area contributed by atoms with E-state index in [0.717, 1.165) is 6.92 Å². The molecule has 2 aromatic carbocycles. The van der Waals surface area contributed by atoms with Crippen LogP contribution in [0.4, 0.5) is 4.79 Å². The quantitative estimate of drug-likeness (QED) is 0.00695. The minimum Gasteiger partial charge on any atom is -0.508 e. The lowest BCUT2D eigenvalue weighted by Gasteiger charge is -2.31. The minimum atomic E-state index is -2.00. The van der Waals surface area contributed by atoms with Gasteiger partial charge in [-0.2, -0.15) is 0 Å². The molecule has 0 radical (unpaired) electrons. The van der Waals surface area contributed by atoms with Gasteiger partial charge in [-0.05, 0) is 101 Å². The van der Waals surface area contributed by atoms with E-state index in [0.29, 0.717) is 34.1 Å². The van der Waals surface area contributed by atoms with Gasteiger partial charge < -0.3 is 99.0 Å². The second kappa shape index (κ2) is 37.2. The Morgan fingerprint density at radius 3 is 1.90 bits per heavy atom. The number of hydrogen-bond donors (Lipinski definition) is 17. The van der Waals surface area contributed by atoms with Gasteiger partial charge in [0.25, 0.3) is 5.91 Å². The fraction of sp³-hybridized carbons (Fsp3) is 0.516. The molecule has 36 nitrogen and oxygen atoms in total. The van der Waals surface area contributed by atoms with Gasteiger partial charge in [-0.3, -0.25) is 58.4 Å². The predicted molar refractivity (Wildman–Crippen MR) is 355 cm³/mol. The third kappa shape index (κ3) is 24.9. The first-order valence-corrected chi connectivity index (χ1v) is 32.4. The number of benzene rings is 2. The van der Waals surface area contributed by atoms with E-state index in [1.807, 2.05) is 5.43 Å². The van der Waals surface area contributed by atoms with Crippen molar-refractivity contribution < 1.29 is 86.8 Å². The maximum atomic E-state index is 15.1. The molecule has 12 amide bonds. The van der Waals surface area contributed by atoms with Crippen LogP contribution in [0.25, 0.3) is 10.9 Å². The van der Waals surface area contributed by atoms with Crippen molar-refractivity contribution >= 4 is 93.9 Å². The van der Waals surface area contributed by atoms with Crippen LogP contribution in [0.15, 0.2) is 72.2 Å². The Hall–Kier alpha value is -10.9. The van der Waals surface area contributed by atoms with Gasteiger partial charge in [-0.15, -0.1) is 0 Å². The molecule has 2 fully saturated rings. The number of amides is 12. The number of aromatic hydroxyl groups is 1. The molecule has 2 aliphatic rings. The van der Waals surface area contributed by atoms with Gasteiger partial charge in [0.05, 0.1) is 18.5 Å². The highest BCUT2D eigenvalue weighted by Crippen LogP contribution is 2.23. The number of hydrogen-bond acceptors (Lipinski definition) is 20. The third-order valence-corrected chi connectivity index (χ3v) is 15.7. The summed E-state index contributed by atoms with van der Waals surface area (Å²) in [5.41, 5.74) is 21.2. The minimum absolute atomic E-state index is 0.0342. The third-order valence-electron chi connectivity index (χ3n) is 15.7. The molecular weight excluding hydrogens is 1310 g/mol. The number of aromatic nitrogens is 3. The van der Waals surface area contributed by atoms with E-state index in [2.05, 4.69) is 67.9 Å². The molecule has 2 saturated heterocycles. The fourth-order valence-electron chi connectivity index (χ4n) is 10.7. The van der Waals surface area contributed by atoms with Gasteiger partial charge in [-0.1, -0.05) is 44.2 Å². The number of nitrogens with two attached hydrogens (primary N) is 3. The van der Waals surface area contributed by atoms with E-state index >= 15 is 14.4 Å². The van der Waals surface area contributed by atoms with Crippen LogP contribution in [0, 0.1) is 5.92 Å². The molecule has 0 bridgehead atoms. The van der Waals surface area contributed by atoms with E-state index < -0.39 is 163 Å². The Balaban J connectivity index is 1.32. The molecule has 36 heteroatoms. The summed E-state index contributed by atoms with van der Waals surface area (Å²) in [7, 11) is 0. The van der Waals surface area contributed by atoms with Gasteiger partial charge in [0, 0.05) is 67.8 Å². The Labute approximate surface area is 574 Å². The molecule has 20 N–H and O–H groups in total. The number of carbonyl (C=O) groups is 13. The Morgan fingerprint density at radius 1 is 0.700 bits per heavy atom. The van der Waals surface area contributed by atoms with E-state index in [-0.39, 0.29) is 88.0 Å². The number of aromatic amines is 2. The number of phenolic OH excluding ortho intramolecular Hbond substituents is 1. The Bertz CT molecular complexity index is 3570. The standard InChI is InChI=1S/C64H90N18O18/c1-33(2)23-43(53(88)73-42(13-9-21-69-62(65)66)60(95)82-22-10-14-49(82)59(94)80-81-63(67)97)74-58(93)48(30-100-64(4,5)6)79-54(89)44(24-35-15-17-38(84)18-16-35)75-57(92)47(29-98-51(86)31-99-61(96)34(3)83)78-55(90)45(25-36-27-70-40-12-8-7-11-39(36)40)76-56(91)46(26-37-28-68-32-71-37)77-52(87)41-19-20-50(85)72-41/h7-8,11-12,15-18,27-28,32-34,41-49,70,83-84H,9-10,13-14,19-26,29-31H2,1-6H3,(H,68,71)(H,72,85)(H,73,88)(H,74,93)(H,75,92)(H,76,91)(H,77,87)(H,78,90)(H,79,89)(H,80,94)(H4,65,66,69)(H3,67,81,97)/t34?,41-,42-,43-,44-,45-,46-,47-,48+,49-/m0/s1. The highest BCUT2D eigenvalue weighted by molar-refractivity contribution is 6.00. The number of fused-ring (bicyclic) bond motifs is 1. The number of guanidine groups is 1. The number of hydrazine groups is 1. The number of carbonyl (C=O) groups excluding carboxylic acids is 13. The maximum Gasteiger partial charge on any atom is 0.344 e. The molecule has 10 atom stereocenters. The van der Waals surface area contributed by atoms with Gasteiger partial charge in [0.15, 0.2) is 12.6 Å². The van der Waals surface area contributed by atoms with Crippen LogP contribution in [0.5, 0.6) is 5.75 Å². The topological polar surface area (TPSA) is 548 Å². The molecule has 0 aliphatic carbocycles. The Kier molecular flexibility index (Phi) is 29.0. The van der Waals surface area contributed by atoms with Crippen molar-refractivity contribution in [3.05, 3.63) is 84.1 Å². The molecule has 4 aromatic rings. The number of rotatable bonds is 35. The zero-order valence-corrected chi connectivity index (χ0v) is 56.3. The number of para-hydroxylation sites is 1. The average Bonchev–Trinajstić information content (AvgIpc) is 1.59. The molecule has 0 spiro atoms. The first-order valence-electron chi connectivity index (χ1n) is 32.4. The number of ether oxygens (including phenoxy) is 3. The summed E-state index contributed by atoms with van der Waals surface area (Å²) in [5, 5.41) is 41.6. The van der Waals surface area contributed by atoms with Crippen molar-refractivity contribution in [2.45, 2.75) is 172 Å². The second-order valence-electron chi connectivity index (χ2n) is 25.4. The number of aliphatic hydroxyl groups is 1. The van der Waals surface area contributed by atoms with Crippen molar-refractivity contribution in [1.29, 1.82) is 0 Å². The molecular formula is C64H90N18O18. The average molecular weight is 1400 g/mol. The highest BCUT2D eigenvalue weighted by atomic mass is 16.6. The second-order valence-corrected chi connectivity index (χ2v) is 25.4. The number of nitrogens with zero attached hydrogens (tertiary/aromatic N) is 3. The zero-order valence-electron chi connectivity index (χ0n) is 56.3. The van der Waals surface area contributed by atoms with Crippen LogP contribution in [0.1, 0.15) is 103 Å². The number of likely N-dealkylation sites (tertiary alicyclic amines) is 1. The van der Waals surface area contributed by atoms with Crippen LogP contribution in [-0.2, 0) is 91.0 Å². The number of primary amides is 1. The van der Waals surface area contributed by atoms with Crippen molar-refractivity contribution in [1.82, 2.24) is 73.2 Å². The number of aliphatic hydroxyl groups excluding tert-OH is 1. The molecule has 4 heterocycles. The van der Waals surface area contributed by atoms with Crippen LogP contribution >= 0.6 is 0 Å². The Morgan fingerprint density at radius 2 is 1.30 bits per heavy atom. The van der Waals surface area contributed by atoms with Crippen molar-refractivity contribution in [3.8, 4) is 5.75 Å². The summed E-state index contributed by atoms with van der Waals surface area (Å²) in [5.74, 6) is -11.9. The van der Waals surface area contributed by atoms with Gasteiger partial charge in [0.1, 0.15) is 72.8 Å². The maximum absolute atomic E-state index is 15.1. The molecule has 2 aliphatic heterocycles. The van der Waals surface area contributed by atoms with Crippen molar-refractivity contribution in [2.24, 2.45) is 28.1 Å². The van der Waals surface area contributed by atoms with E-state index in [1.54, 1.807) is 65.1 Å². The first kappa shape index (κ1) is 78.1. The molecule has 1 unspecified atom stereocenters. The van der Waals surface area contributed by atoms with Gasteiger partial charge >= 0.3 is 18.0 Å². The summed E-state index contributed by atoms with van der Waals surface area (Å²) in [6.45, 7) is 6.98. The number of urea groups is 1. The lowest BCUT2D eigenvalue weighted by atomic mass is 10.0. The van der Waals surface area contributed by atoms with Gasteiger partial charge in [-0.25, -0.2) is 24.8 Å². The van der Waals surface area contributed by atoms with E-state index in [1.165, 1.54) is 41.7 Å². The predicted octanol–water partition coefficient (Wildman–Crippen LogP) is -3.63. The zero-order chi connectivity index (χ0) is 73.4. The van der Waals surface area contributed by atoms with Crippen molar-refractivity contribution in [2.75, 3.05) is 32.9 Å². The van der Waals surface area contributed by atoms with E-state index in [9.17, 15) is 58.2 Å².